The van der Waals surface area contributed by atoms with E-state index in [9.17, 15) is 0 Å². The van der Waals surface area contributed by atoms with Crippen LogP contribution in [0.1, 0.15) is 5.56 Å². The van der Waals surface area contributed by atoms with E-state index < -0.39 is 0 Å². The molecule has 16 heavy (non-hydrogen) atoms. The van der Waals surface area contributed by atoms with Crippen molar-refractivity contribution >= 4 is 29.3 Å². The number of hydrogen-bond acceptors (Lipinski definition) is 2. The molecular formula is C12H15Cl2NO. The third kappa shape index (κ3) is 4.54. The van der Waals surface area contributed by atoms with Crippen LogP contribution in [0.2, 0.25) is 10.0 Å². The first-order valence-corrected chi connectivity index (χ1v) is 5.81. The van der Waals surface area contributed by atoms with Gasteiger partial charge in [-0.05, 0) is 11.6 Å². The average molecular weight is 260 g/mol. The lowest BCUT2D eigenvalue weighted by Crippen LogP contribution is -2.18. The van der Waals surface area contributed by atoms with Gasteiger partial charge in [0, 0.05) is 20.2 Å². The van der Waals surface area contributed by atoms with Gasteiger partial charge >= 0.3 is 0 Å². The van der Waals surface area contributed by atoms with Crippen molar-refractivity contribution in [2.24, 2.45) is 0 Å². The second-order valence-electron chi connectivity index (χ2n) is 3.24. The van der Waals surface area contributed by atoms with Crippen LogP contribution in [-0.2, 0) is 4.74 Å². The minimum atomic E-state index is 0.580. The molecule has 0 heterocycles. The molecular weight excluding hydrogens is 245 g/mol. The Morgan fingerprint density at radius 2 is 2.19 bits per heavy atom. The number of benzene rings is 1. The predicted molar refractivity (Wildman–Crippen MR) is 70.2 cm³/mol. The Hall–Kier alpha value is -0.540. The third-order valence-corrected chi connectivity index (χ3v) is 2.86. The van der Waals surface area contributed by atoms with Crippen molar-refractivity contribution in [1.29, 1.82) is 0 Å². The number of rotatable bonds is 6. The molecule has 0 radical (unpaired) electrons. The summed E-state index contributed by atoms with van der Waals surface area (Å²) < 4.78 is 4.92. The van der Waals surface area contributed by atoms with Crippen LogP contribution in [0, 0.1) is 0 Å². The lowest BCUT2D eigenvalue weighted by molar-refractivity contribution is 0.200. The zero-order valence-corrected chi connectivity index (χ0v) is 10.7. The largest absolute Gasteiger partial charge is 0.383 e. The SMILES string of the molecule is COCCNCC=Cc1cccc(Cl)c1Cl. The van der Waals surface area contributed by atoms with Gasteiger partial charge in [-0.2, -0.15) is 0 Å². The molecule has 0 aliphatic heterocycles. The summed E-state index contributed by atoms with van der Waals surface area (Å²) in [4.78, 5) is 0. The van der Waals surface area contributed by atoms with Crippen molar-refractivity contribution in [1.82, 2.24) is 5.32 Å². The summed E-state index contributed by atoms with van der Waals surface area (Å²) in [6.07, 6.45) is 3.96. The van der Waals surface area contributed by atoms with E-state index in [4.69, 9.17) is 27.9 Å². The van der Waals surface area contributed by atoms with E-state index in [0.717, 1.165) is 18.7 Å². The number of ether oxygens (including phenoxy) is 1. The highest BCUT2D eigenvalue weighted by atomic mass is 35.5. The summed E-state index contributed by atoms with van der Waals surface area (Å²) in [5, 5.41) is 4.38. The standard InChI is InChI=1S/C12H15Cl2NO/c1-16-9-8-15-7-3-5-10-4-2-6-11(13)12(10)14/h2-6,15H,7-9H2,1H3. The quantitative estimate of drug-likeness (QED) is 0.793. The zero-order chi connectivity index (χ0) is 11.8. The van der Waals surface area contributed by atoms with E-state index in [1.54, 1.807) is 13.2 Å². The molecule has 0 aliphatic rings. The lowest BCUT2D eigenvalue weighted by Gasteiger charge is -2.01. The Kier molecular flexibility index (Phi) is 6.50. The van der Waals surface area contributed by atoms with Gasteiger partial charge in [-0.1, -0.05) is 47.5 Å². The lowest BCUT2D eigenvalue weighted by atomic mass is 10.2. The maximum absolute atomic E-state index is 6.03. The van der Waals surface area contributed by atoms with Crippen LogP contribution in [0.25, 0.3) is 6.08 Å². The van der Waals surface area contributed by atoms with Gasteiger partial charge in [-0.15, -0.1) is 0 Å². The van der Waals surface area contributed by atoms with Crippen LogP contribution in [0.4, 0.5) is 0 Å². The van der Waals surface area contributed by atoms with Crippen LogP contribution < -0.4 is 5.32 Å². The number of nitrogens with one attached hydrogen (secondary N) is 1. The molecule has 2 nitrogen and oxygen atoms in total. The van der Waals surface area contributed by atoms with Crippen LogP contribution in [0.5, 0.6) is 0 Å². The second-order valence-corrected chi connectivity index (χ2v) is 4.03. The first kappa shape index (κ1) is 13.5. The van der Waals surface area contributed by atoms with Crippen molar-refractivity contribution < 1.29 is 4.74 Å². The Balaban J connectivity index is 2.41. The van der Waals surface area contributed by atoms with E-state index in [1.807, 2.05) is 24.3 Å². The van der Waals surface area contributed by atoms with Crippen molar-refractivity contribution in [2.45, 2.75) is 0 Å². The van der Waals surface area contributed by atoms with E-state index in [2.05, 4.69) is 5.32 Å². The van der Waals surface area contributed by atoms with Gasteiger partial charge in [0.2, 0.25) is 0 Å². The van der Waals surface area contributed by atoms with E-state index >= 15 is 0 Å². The molecule has 0 unspecified atom stereocenters. The van der Waals surface area contributed by atoms with E-state index in [0.29, 0.717) is 16.7 Å². The molecule has 0 amide bonds. The fraction of sp³-hybridized carbons (Fsp3) is 0.333. The second kappa shape index (κ2) is 7.69. The van der Waals surface area contributed by atoms with E-state index in [-0.39, 0.29) is 0 Å². The average Bonchev–Trinajstić information content (AvgIpc) is 2.29. The fourth-order valence-corrected chi connectivity index (χ4v) is 1.57. The summed E-state index contributed by atoms with van der Waals surface area (Å²) in [6, 6.07) is 5.59. The maximum atomic E-state index is 6.03. The minimum absolute atomic E-state index is 0.580. The molecule has 0 atom stereocenters. The first-order chi connectivity index (χ1) is 7.75. The molecule has 1 rings (SSSR count). The molecule has 1 N–H and O–H groups in total. The van der Waals surface area contributed by atoms with Gasteiger partial charge in [0.1, 0.15) is 0 Å². The fourth-order valence-electron chi connectivity index (χ4n) is 1.19. The van der Waals surface area contributed by atoms with Crippen LogP contribution >= 0.6 is 23.2 Å². The first-order valence-electron chi connectivity index (χ1n) is 5.06. The number of hydrogen-bond donors (Lipinski definition) is 1. The predicted octanol–water partition coefficient (Wildman–Crippen LogP) is 3.24. The highest BCUT2D eigenvalue weighted by Crippen LogP contribution is 2.26. The van der Waals surface area contributed by atoms with Crippen LogP contribution in [-0.4, -0.2) is 26.8 Å². The molecule has 1 aromatic rings. The van der Waals surface area contributed by atoms with Crippen LogP contribution in [0.3, 0.4) is 0 Å². The minimum Gasteiger partial charge on any atom is -0.383 e. The highest BCUT2D eigenvalue weighted by Gasteiger charge is 1.99. The Morgan fingerprint density at radius 3 is 2.94 bits per heavy atom. The summed E-state index contributed by atoms with van der Waals surface area (Å²) in [5.41, 5.74) is 0.933. The zero-order valence-electron chi connectivity index (χ0n) is 9.17. The summed E-state index contributed by atoms with van der Waals surface area (Å²) in [6.45, 7) is 2.34. The molecule has 0 aromatic heterocycles. The molecule has 1 aromatic carbocycles. The van der Waals surface area contributed by atoms with Crippen molar-refractivity contribution in [3.63, 3.8) is 0 Å². The Bertz CT molecular complexity index is 353. The summed E-state index contributed by atoms with van der Waals surface area (Å²) in [5.74, 6) is 0. The summed E-state index contributed by atoms with van der Waals surface area (Å²) in [7, 11) is 1.68. The number of halogens is 2. The van der Waals surface area contributed by atoms with E-state index in [1.165, 1.54) is 0 Å². The monoisotopic (exact) mass is 259 g/mol. The molecule has 0 saturated heterocycles. The van der Waals surface area contributed by atoms with Gasteiger partial charge < -0.3 is 10.1 Å². The van der Waals surface area contributed by atoms with Crippen molar-refractivity contribution in [3.8, 4) is 0 Å². The number of methoxy groups -OCH3 is 1. The highest BCUT2D eigenvalue weighted by molar-refractivity contribution is 6.42. The van der Waals surface area contributed by atoms with Gasteiger partial charge in [0.25, 0.3) is 0 Å². The smallest absolute Gasteiger partial charge is 0.0664 e. The molecule has 88 valence electrons. The summed E-state index contributed by atoms with van der Waals surface area (Å²) >= 11 is 11.9. The normalized spacial score (nSPS) is 11.2. The third-order valence-electron chi connectivity index (χ3n) is 2.02. The van der Waals surface area contributed by atoms with Gasteiger partial charge in [-0.25, -0.2) is 0 Å². The Labute approximate surface area is 106 Å². The van der Waals surface area contributed by atoms with Gasteiger partial charge in [-0.3, -0.25) is 0 Å². The van der Waals surface area contributed by atoms with Gasteiger partial charge in [0.05, 0.1) is 16.7 Å². The Morgan fingerprint density at radius 1 is 1.38 bits per heavy atom. The molecule has 0 aliphatic carbocycles. The molecule has 4 heteroatoms. The molecule has 0 saturated carbocycles. The molecule has 0 fully saturated rings. The topological polar surface area (TPSA) is 21.3 Å². The van der Waals surface area contributed by atoms with Gasteiger partial charge in [0.15, 0.2) is 0 Å². The van der Waals surface area contributed by atoms with Crippen molar-refractivity contribution in [3.05, 3.63) is 39.9 Å². The van der Waals surface area contributed by atoms with Crippen molar-refractivity contribution in [2.75, 3.05) is 26.8 Å². The molecule has 0 spiro atoms. The van der Waals surface area contributed by atoms with Crippen LogP contribution in [0.15, 0.2) is 24.3 Å². The molecule has 0 bridgehead atoms. The maximum Gasteiger partial charge on any atom is 0.0664 e.